The highest BCUT2D eigenvalue weighted by molar-refractivity contribution is 6.35. The lowest BCUT2D eigenvalue weighted by atomic mass is 10.1. The third-order valence-corrected chi connectivity index (χ3v) is 3.47. The highest BCUT2D eigenvalue weighted by Crippen LogP contribution is 2.22. The molecule has 0 N–H and O–H groups in total. The molecule has 0 amide bonds. The third-order valence-electron chi connectivity index (χ3n) is 2.88. The van der Waals surface area contributed by atoms with Gasteiger partial charge in [0.25, 0.3) is 0 Å². The fourth-order valence-corrected chi connectivity index (χ4v) is 2.41. The van der Waals surface area contributed by atoms with E-state index in [9.17, 15) is 0 Å². The van der Waals surface area contributed by atoms with Gasteiger partial charge in [-0.25, -0.2) is 4.68 Å². The SMILES string of the molecule is CC(C)Cc1c(C#N)nnn1Cc1ccc(Cl)cc1Cl. The van der Waals surface area contributed by atoms with E-state index in [4.69, 9.17) is 28.5 Å². The normalized spacial score (nSPS) is 10.8. The van der Waals surface area contributed by atoms with Crippen LogP contribution >= 0.6 is 23.2 Å². The lowest BCUT2D eigenvalue weighted by Gasteiger charge is -2.10. The summed E-state index contributed by atoms with van der Waals surface area (Å²) in [7, 11) is 0. The van der Waals surface area contributed by atoms with Gasteiger partial charge in [0.05, 0.1) is 12.2 Å². The highest BCUT2D eigenvalue weighted by atomic mass is 35.5. The van der Waals surface area contributed by atoms with Crippen LogP contribution in [0.2, 0.25) is 10.0 Å². The van der Waals surface area contributed by atoms with Crippen molar-refractivity contribution in [2.75, 3.05) is 0 Å². The molecule has 0 fully saturated rings. The Morgan fingerprint density at radius 3 is 2.70 bits per heavy atom. The van der Waals surface area contributed by atoms with Crippen molar-refractivity contribution in [2.45, 2.75) is 26.8 Å². The second kappa shape index (κ2) is 6.25. The fraction of sp³-hybridized carbons (Fsp3) is 0.357. The molecular formula is C14H14Cl2N4. The summed E-state index contributed by atoms with van der Waals surface area (Å²) in [5.41, 5.74) is 2.12. The second-order valence-electron chi connectivity index (χ2n) is 4.99. The van der Waals surface area contributed by atoms with Gasteiger partial charge in [-0.3, -0.25) is 0 Å². The molecule has 104 valence electrons. The number of hydrogen-bond donors (Lipinski definition) is 0. The molecule has 6 heteroatoms. The van der Waals surface area contributed by atoms with Crippen LogP contribution in [0.15, 0.2) is 18.2 Å². The van der Waals surface area contributed by atoms with Crippen LogP contribution in [0, 0.1) is 17.2 Å². The van der Waals surface area contributed by atoms with Crippen molar-refractivity contribution in [3.05, 3.63) is 45.2 Å². The number of nitrogens with zero attached hydrogens (tertiary/aromatic N) is 4. The predicted octanol–water partition coefficient (Wildman–Crippen LogP) is 3.70. The minimum absolute atomic E-state index is 0.379. The van der Waals surface area contributed by atoms with Gasteiger partial charge in [-0.05, 0) is 30.0 Å². The summed E-state index contributed by atoms with van der Waals surface area (Å²) in [4.78, 5) is 0. The van der Waals surface area contributed by atoms with E-state index in [-0.39, 0.29) is 0 Å². The Hall–Kier alpha value is -1.57. The molecule has 0 unspecified atom stereocenters. The van der Waals surface area contributed by atoms with Crippen molar-refractivity contribution in [3.8, 4) is 6.07 Å². The van der Waals surface area contributed by atoms with E-state index in [1.807, 2.05) is 6.07 Å². The zero-order valence-electron chi connectivity index (χ0n) is 11.3. The first-order chi connectivity index (χ1) is 9.51. The topological polar surface area (TPSA) is 54.5 Å². The van der Waals surface area contributed by atoms with E-state index in [0.717, 1.165) is 17.7 Å². The summed E-state index contributed by atoms with van der Waals surface area (Å²) >= 11 is 12.1. The van der Waals surface area contributed by atoms with E-state index in [1.54, 1.807) is 16.8 Å². The Morgan fingerprint density at radius 2 is 2.10 bits per heavy atom. The summed E-state index contributed by atoms with van der Waals surface area (Å²) < 4.78 is 1.73. The molecule has 20 heavy (non-hydrogen) atoms. The molecule has 0 atom stereocenters. The minimum Gasteiger partial charge on any atom is -0.243 e. The van der Waals surface area contributed by atoms with Crippen LogP contribution in [0.3, 0.4) is 0 Å². The number of hydrogen-bond acceptors (Lipinski definition) is 3. The summed E-state index contributed by atoms with van der Waals surface area (Å²) in [6.45, 7) is 4.66. The van der Waals surface area contributed by atoms with Crippen molar-refractivity contribution >= 4 is 23.2 Å². The molecule has 0 saturated carbocycles. The Morgan fingerprint density at radius 1 is 1.35 bits per heavy atom. The van der Waals surface area contributed by atoms with E-state index in [1.165, 1.54) is 0 Å². The summed E-state index contributed by atoms with van der Waals surface area (Å²) in [5.74, 6) is 0.417. The Labute approximate surface area is 127 Å². The van der Waals surface area contributed by atoms with Crippen molar-refractivity contribution in [2.24, 2.45) is 5.92 Å². The first kappa shape index (κ1) is 14.8. The number of aromatic nitrogens is 3. The molecule has 1 aromatic carbocycles. The van der Waals surface area contributed by atoms with Crippen LogP contribution in [0.25, 0.3) is 0 Å². The van der Waals surface area contributed by atoms with Crippen LogP contribution in [-0.4, -0.2) is 15.0 Å². The first-order valence-electron chi connectivity index (χ1n) is 6.27. The Bertz CT molecular complexity index is 656. The van der Waals surface area contributed by atoms with E-state index < -0.39 is 0 Å². The van der Waals surface area contributed by atoms with Gasteiger partial charge < -0.3 is 0 Å². The zero-order chi connectivity index (χ0) is 14.7. The maximum atomic E-state index is 9.09. The maximum Gasteiger partial charge on any atom is 0.185 e. The van der Waals surface area contributed by atoms with Crippen molar-refractivity contribution < 1.29 is 0 Å². The van der Waals surface area contributed by atoms with Crippen molar-refractivity contribution in [1.29, 1.82) is 5.26 Å². The van der Waals surface area contributed by atoms with E-state index in [0.29, 0.717) is 28.2 Å². The van der Waals surface area contributed by atoms with Gasteiger partial charge in [0.15, 0.2) is 5.69 Å². The van der Waals surface area contributed by atoms with Crippen LogP contribution < -0.4 is 0 Å². The Balaban J connectivity index is 2.34. The highest BCUT2D eigenvalue weighted by Gasteiger charge is 2.15. The van der Waals surface area contributed by atoms with Gasteiger partial charge in [-0.2, -0.15) is 5.26 Å². The lowest BCUT2D eigenvalue weighted by Crippen LogP contribution is -2.10. The standard InChI is InChI=1S/C14H14Cl2N4/c1-9(2)5-14-13(7-17)18-19-20(14)8-10-3-4-11(15)6-12(10)16/h3-4,6,9H,5,8H2,1-2H3. The second-order valence-corrected chi connectivity index (χ2v) is 5.83. The van der Waals surface area contributed by atoms with Gasteiger partial charge in [-0.1, -0.05) is 48.3 Å². The molecule has 1 aromatic heterocycles. The molecule has 0 saturated heterocycles. The first-order valence-corrected chi connectivity index (χ1v) is 7.03. The largest absolute Gasteiger partial charge is 0.243 e. The molecule has 0 aliphatic carbocycles. The number of nitriles is 1. The molecular weight excluding hydrogens is 295 g/mol. The molecule has 0 aliphatic rings. The van der Waals surface area contributed by atoms with Gasteiger partial charge in [0.2, 0.25) is 0 Å². The molecule has 2 rings (SSSR count). The number of rotatable bonds is 4. The molecule has 0 radical (unpaired) electrons. The van der Waals surface area contributed by atoms with Crippen molar-refractivity contribution in [1.82, 2.24) is 15.0 Å². The van der Waals surface area contributed by atoms with E-state index in [2.05, 4.69) is 30.2 Å². The quantitative estimate of drug-likeness (QED) is 0.865. The zero-order valence-corrected chi connectivity index (χ0v) is 12.8. The van der Waals surface area contributed by atoms with Crippen LogP contribution in [0.5, 0.6) is 0 Å². The molecule has 0 spiro atoms. The van der Waals surface area contributed by atoms with Gasteiger partial charge in [0.1, 0.15) is 6.07 Å². The molecule has 0 bridgehead atoms. The smallest absolute Gasteiger partial charge is 0.185 e. The molecule has 1 heterocycles. The molecule has 0 aliphatic heterocycles. The van der Waals surface area contributed by atoms with Crippen molar-refractivity contribution in [3.63, 3.8) is 0 Å². The predicted molar refractivity (Wildman–Crippen MR) is 78.8 cm³/mol. The number of halogens is 2. The maximum absolute atomic E-state index is 9.09. The summed E-state index contributed by atoms with van der Waals surface area (Å²) in [6, 6.07) is 7.42. The monoisotopic (exact) mass is 308 g/mol. The summed E-state index contributed by atoms with van der Waals surface area (Å²) in [6.07, 6.45) is 0.751. The van der Waals surface area contributed by atoms with Crippen LogP contribution in [0.1, 0.15) is 30.8 Å². The van der Waals surface area contributed by atoms with E-state index >= 15 is 0 Å². The van der Waals surface area contributed by atoms with Gasteiger partial charge in [0, 0.05) is 10.0 Å². The Kier molecular flexibility index (Phi) is 4.64. The molecule has 4 nitrogen and oxygen atoms in total. The van der Waals surface area contributed by atoms with Crippen LogP contribution in [0.4, 0.5) is 0 Å². The average molecular weight is 309 g/mol. The summed E-state index contributed by atoms with van der Waals surface area (Å²) in [5, 5.41) is 18.2. The van der Waals surface area contributed by atoms with Gasteiger partial charge >= 0.3 is 0 Å². The van der Waals surface area contributed by atoms with Crippen LogP contribution in [-0.2, 0) is 13.0 Å². The lowest BCUT2D eigenvalue weighted by molar-refractivity contribution is 0.564. The fourth-order valence-electron chi connectivity index (χ4n) is 1.95. The minimum atomic E-state index is 0.379. The van der Waals surface area contributed by atoms with Gasteiger partial charge in [-0.15, -0.1) is 5.10 Å². The number of benzene rings is 1. The molecule has 2 aromatic rings. The average Bonchev–Trinajstić information content (AvgIpc) is 2.74. The third kappa shape index (κ3) is 3.30.